The Balaban J connectivity index is 1.43. The largest absolute Gasteiger partial charge is 0.486 e. The number of hydrogen-bond donors (Lipinski definition) is 1. The van der Waals surface area contributed by atoms with E-state index in [1.54, 1.807) is 0 Å². The van der Waals surface area contributed by atoms with E-state index in [2.05, 4.69) is 30.3 Å². The molecule has 5 rings (SSSR count). The van der Waals surface area contributed by atoms with Gasteiger partial charge in [0.2, 0.25) is 0 Å². The molecule has 1 spiro atoms. The number of nitrogens with zero attached hydrogens (tertiary/aromatic N) is 1. The molecule has 0 unspecified atom stereocenters. The number of ketones is 1. The van der Waals surface area contributed by atoms with Crippen molar-refractivity contribution in [3.63, 3.8) is 0 Å². The van der Waals surface area contributed by atoms with Crippen LogP contribution in [-0.4, -0.2) is 37.2 Å². The lowest BCUT2D eigenvalue weighted by Crippen LogP contribution is -2.53. The van der Waals surface area contributed by atoms with E-state index < -0.39 is 15.8 Å². The first-order valence-electron chi connectivity index (χ1n) is 9.96. The van der Waals surface area contributed by atoms with Gasteiger partial charge in [0.1, 0.15) is 11.4 Å². The van der Waals surface area contributed by atoms with Gasteiger partial charge in [0.15, 0.2) is 5.78 Å². The molecule has 0 saturated carbocycles. The van der Waals surface area contributed by atoms with Crippen molar-refractivity contribution in [2.24, 2.45) is 5.14 Å². The molecule has 0 radical (unpaired) electrons. The molecule has 3 aromatic carbocycles. The minimum absolute atomic E-state index is 0.0305. The van der Waals surface area contributed by atoms with Gasteiger partial charge in [-0.25, -0.2) is 5.14 Å². The van der Waals surface area contributed by atoms with Crippen molar-refractivity contribution in [3.8, 4) is 16.9 Å². The highest BCUT2D eigenvalue weighted by Gasteiger charge is 2.44. The molecule has 30 heavy (non-hydrogen) atoms. The summed E-state index contributed by atoms with van der Waals surface area (Å²) in [6.07, 6.45) is 1.14. The number of hydrogen-bond acceptors (Lipinski definition) is 4. The molecule has 2 aliphatic heterocycles. The van der Waals surface area contributed by atoms with E-state index in [1.807, 2.05) is 30.3 Å². The van der Waals surface area contributed by atoms with Crippen LogP contribution >= 0.6 is 0 Å². The molecule has 3 aromatic rings. The molecule has 154 valence electrons. The van der Waals surface area contributed by atoms with Crippen LogP contribution < -0.4 is 9.88 Å². The average molecular weight is 423 g/mol. The van der Waals surface area contributed by atoms with Crippen LogP contribution in [0.3, 0.4) is 0 Å². The number of nitrogens with two attached hydrogens (primary N) is 1. The normalized spacial score (nSPS) is 18.9. The quantitative estimate of drug-likeness (QED) is 0.684. The van der Waals surface area contributed by atoms with Gasteiger partial charge in [0.25, 0.3) is 10.2 Å². The number of carbonyl (C=O) groups excluding carboxylic acids is 1. The van der Waals surface area contributed by atoms with Gasteiger partial charge in [-0.3, -0.25) is 4.79 Å². The monoisotopic (exact) mass is 422 g/mol. The van der Waals surface area contributed by atoms with Crippen molar-refractivity contribution in [3.05, 3.63) is 66.2 Å². The number of piperidine rings is 1. The maximum atomic E-state index is 13.0. The molecule has 0 bridgehead atoms. The van der Waals surface area contributed by atoms with Gasteiger partial charge >= 0.3 is 0 Å². The average Bonchev–Trinajstić information content (AvgIpc) is 2.73. The lowest BCUT2D eigenvalue weighted by atomic mass is 9.82. The van der Waals surface area contributed by atoms with Crippen LogP contribution in [-0.2, 0) is 10.2 Å². The summed E-state index contributed by atoms with van der Waals surface area (Å²) in [4.78, 5) is 13.0. The molecular weight excluding hydrogens is 400 g/mol. The van der Waals surface area contributed by atoms with E-state index >= 15 is 0 Å². The number of Topliss-reactive ketones (excluding diaryl/α,β-unsaturated/α-hetero) is 1. The number of ether oxygens (including phenoxy) is 1. The van der Waals surface area contributed by atoms with E-state index in [0.29, 0.717) is 24.2 Å². The van der Waals surface area contributed by atoms with Gasteiger partial charge in [0, 0.05) is 25.9 Å². The molecule has 7 heteroatoms. The molecule has 1 fully saturated rings. The van der Waals surface area contributed by atoms with Crippen molar-refractivity contribution in [2.75, 3.05) is 13.1 Å². The summed E-state index contributed by atoms with van der Waals surface area (Å²) in [6.45, 7) is 0.521. The maximum absolute atomic E-state index is 13.0. The van der Waals surface area contributed by atoms with Crippen molar-refractivity contribution in [1.29, 1.82) is 0 Å². The second-order valence-corrected chi connectivity index (χ2v) is 9.65. The smallest absolute Gasteiger partial charge is 0.276 e. The van der Waals surface area contributed by atoms with Gasteiger partial charge in [-0.15, -0.1) is 0 Å². The summed E-state index contributed by atoms with van der Waals surface area (Å²) in [5.41, 5.74) is 1.94. The molecule has 0 aromatic heterocycles. The third-order valence-electron chi connectivity index (χ3n) is 6.17. The fraction of sp³-hybridized carbons (Fsp3) is 0.261. The lowest BCUT2D eigenvalue weighted by Gasteiger charge is -2.43. The molecule has 1 saturated heterocycles. The van der Waals surface area contributed by atoms with Gasteiger partial charge in [-0.2, -0.15) is 12.7 Å². The highest BCUT2D eigenvalue weighted by molar-refractivity contribution is 7.86. The Morgan fingerprint density at radius 2 is 1.57 bits per heavy atom. The molecule has 0 aliphatic carbocycles. The zero-order valence-corrected chi connectivity index (χ0v) is 17.2. The highest BCUT2D eigenvalue weighted by atomic mass is 32.2. The zero-order valence-electron chi connectivity index (χ0n) is 16.4. The van der Waals surface area contributed by atoms with Crippen molar-refractivity contribution in [1.82, 2.24) is 4.31 Å². The first-order valence-corrected chi connectivity index (χ1v) is 11.5. The molecule has 2 heterocycles. The third-order valence-corrected chi connectivity index (χ3v) is 7.25. The second-order valence-electron chi connectivity index (χ2n) is 8.10. The van der Waals surface area contributed by atoms with E-state index in [4.69, 9.17) is 9.88 Å². The van der Waals surface area contributed by atoms with Crippen molar-refractivity contribution >= 4 is 26.8 Å². The molecule has 6 nitrogen and oxygen atoms in total. The van der Waals surface area contributed by atoms with Gasteiger partial charge < -0.3 is 4.74 Å². The first-order chi connectivity index (χ1) is 14.3. The number of carbonyl (C=O) groups is 1. The molecular formula is C23H22N2O4S. The Morgan fingerprint density at radius 1 is 0.900 bits per heavy atom. The Morgan fingerprint density at radius 3 is 2.30 bits per heavy atom. The van der Waals surface area contributed by atoms with E-state index in [1.165, 1.54) is 9.69 Å². The number of fused-ring (bicyclic) bond motifs is 2. The fourth-order valence-electron chi connectivity index (χ4n) is 4.47. The lowest BCUT2D eigenvalue weighted by molar-refractivity contribution is 0.00594. The van der Waals surface area contributed by atoms with Crippen LogP contribution in [0.4, 0.5) is 0 Å². The predicted octanol–water partition coefficient (Wildman–Crippen LogP) is 3.51. The number of rotatable bonds is 2. The zero-order chi connectivity index (χ0) is 20.9. The predicted molar refractivity (Wildman–Crippen MR) is 116 cm³/mol. The standard InChI is InChI=1S/C23H22N2O4S/c24-30(27,28)25-11-9-23(10-12-25)15-21(26)20-14-19(7-8-22(20)29-23)18-6-5-16-3-1-2-4-17(16)13-18/h1-8,13-14H,9-12,15H2,(H2,24,27,28). The fourth-order valence-corrected chi connectivity index (χ4v) is 5.16. The molecule has 2 aliphatic rings. The summed E-state index contributed by atoms with van der Waals surface area (Å²) in [5.74, 6) is 0.600. The van der Waals surface area contributed by atoms with Crippen molar-refractivity contribution in [2.45, 2.75) is 24.9 Å². The van der Waals surface area contributed by atoms with E-state index in [0.717, 1.165) is 16.5 Å². The number of benzene rings is 3. The molecule has 2 N–H and O–H groups in total. The van der Waals surface area contributed by atoms with Crippen LogP contribution in [0.25, 0.3) is 21.9 Å². The van der Waals surface area contributed by atoms with E-state index in [9.17, 15) is 13.2 Å². The summed E-state index contributed by atoms with van der Waals surface area (Å²) in [5, 5.41) is 7.55. The van der Waals surface area contributed by atoms with Crippen LogP contribution in [0.2, 0.25) is 0 Å². The van der Waals surface area contributed by atoms with E-state index in [-0.39, 0.29) is 25.3 Å². The van der Waals surface area contributed by atoms with Crippen LogP contribution in [0.15, 0.2) is 60.7 Å². The van der Waals surface area contributed by atoms with Gasteiger partial charge in [0.05, 0.1) is 12.0 Å². The summed E-state index contributed by atoms with van der Waals surface area (Å²) >= 11 is 0. The minimum atomic E-state index is -3.71. The highest BCUT2D eigenvalue weighted by Crippen LogP contribution is 2.41. The van der Waals surface area contributed by atoms with Crippen LogP contribution in [0, 0.1) is 0 Å². The van der Waals surface area contributed by atoms with Crippen molar-refractivity contribution < 1.29 is 17.9 Å². The Kier molecular flexibility index (Phi) is 4.43. The Labute approximate surface area is 175 Å². The van der Waals surface area contributed by atoms with Gasteiger partial charge in [-0.05, 0) is 40.1 Å². The molecule has 0 amide bonds. The van der Waals surface area contributed by atoms with Crippen LogP contribution in [0.1, 0.15) is 29.6 Å². The Bertz CT molecular complexity index is 1260. The summed E-state index contributed by atoms with van der Waals surface area (Å²) in [6, 6.07) is 20.1. The van der Waals surface area contributed by atoms with Gasteiger partial charge in [-0.1, -0.05) is 42.5 Å². The molecule has 0 atom stereocenters. The summed E-state index contributed by atoms with van der Waals surface area (Å²) < 4.78 is 30.7. The maximum Gasteiger partial charge on any atom is 0.276 e. The third kappa shape index (κ3) is 3.39. The van der Waals surface area contributed by atoms with Crippen LogP contribution in [0.5, 0.6) is 5.75 Å². The topological polar surface area (TPSA) is 89.7 Å². The minimum Gasteiger partial charge on any atom is -0.486 e. The Hall–Kier alpha value is -2.74. The second kappa shape index (κ2) is 6.91. The summed E-state index contributed by atoms with van der Waals surface area (Å²) in [7, 11) is -3.71. The first kappa shape index (κ1) is 19.2. The SMILES string of the molecule is NS(=O)(=O)N1CCC2(CC1)CC(=O)c1cc(-c3ccc4ccccc4c3)ccc1O2.